The van der Waals surface area contributed by atoms with Crippen molar-refractivity contribution in [3.05, 3.63) is 30.9 Å². The molecular formula is C8H11F3N2. The summed E-state index contributed by atoms with van der Waals surface area (Å²) in [6.45, 7) is -0.0433. The van der Waals surface area contributed by atoms with Gasteiger partial charge in [0.05, 0.1) is 0 Å². The molecule has 0 aliphatic rings. The minimum absolute atomic E-state index is 0.851. The lowest BCUT2D eigenvalue weighted by Crippen LogP contribution is -1.93. The summed E-state index contributed by atoms with van der Waals surface area (Å²) in [4.78, 5) is 4.10. The molecule has 2 nitrogen and oxygen atoms in total. The lowest BCUT2D eigenvalue weighted by atomic mass is 10.4. The van der Waals surface area contributed by atoms with E-state index in [1.807, 2.05) is 23.9 Å². The summed E-state index contributed by atoms with van der Waals surface area (Å²) < 4.78 is 31.0. The second kappa shape index (κ2) is 6.28. The first kappa shape index (κ1) is 11.7. The number of allylic oxidation sites excluding steroid dienone is 1. The highest BCUT2D eigenvalue weighted by atomic mass is 19.4. The maximum absolute atomic E-state index is 9.67. The first-order valence-electron chi connectivity index (χ1n) is 3.57. The summed E-state index contributed by atoms with van der Waals surface area (Å²) in [6.07, 6.45) is 6.42. The second-order valence-electron chi connectivity index (χ2n) is 2.19. The smallest absolute Gasteiger partial charge is 0.338 e. The summed E-state index contributed by atoms with van der Waals surface area (Å²) in [5.74, 6) is 1.06. The highest BCUT2D eigenvalue weighted by Crippen LogP contribution is 1.94. The Morgan fingerprint density at radius 1 is 1.62 bits per heavy atom. The molecule has 1 aromatic heterocycles. The molecule has 0 atom stereocenters. The van der Waals surface area contributed by atoms with Crippen molar-refractivity contribution in [1.29, 1.82) is 0 Å². The maximum Gasteiger partial charge on any atom is 0.379 e. The molecule has 0 spiro atoms. The quantitative estimate of drug-likeness (QED) is 0.657. The normalized spacial score (nSPS) is 9.31. The summed E-state index contributed by atoms with van der Waals surface area (Å²) in [5.41, 5.74) is 0. The fourth-order valence-electron chi connectivity index (χ4n) is 0.722. The van der Waals surface area contributed by atoms with Crippen molar-refractivity contribution in [2.45, 2.75) is 13.1 Å². The number of alkyl halides is 3. The van der Waals surface area contributed by atoms with E-state index in [2.05, 4.69) is 11.6 Å². The topological polar surface area (TPSA) is 17.8 Å². The van der Waals surface area contributed by atoms with Crippen LogP contribution in [0.15, 0.2) is 25.0 Å². The number of rotatable bonds is 2. The van der Waals surface area contributed by atoms with E-state index in [0.717, 1.165) is 12.2 Å². The van der Waals surface area contributed by atoms with Crippen LogP contribution in [0.25, 0.3) is 0 Å². The van der Waals surface area contributed by atoms with Crippen LogP contribution in [0, 0.1) is 0 Å². The third kappa shape index (κ3) is 5.95. The zero-order chi connectivity index (χ0) is 10.3. The van der Waals surface area contributed by atoms with E-state index in [9.17, 15) is 13.2 Å². The number of aryl methyl sites for hydroxylation is 1. The molecule has 0 aromatic carbocycles. The average molecular weight is 192 g/mol. The Kier molecular flexibility index (Phi) is 5.67. The van der Waals surface area contributed by atoms with Crippen molar-refractivity contribution in [3.63, 3.8) is 0 Å². The van der Waals surface area contributed by atoms with E-state index in [1.165, 1.54) is 0 Å². The Bertz CT molecular complexity index is 243. The van der Waals surface area contributed by atoms with Gasteiger partial charge in [0.15, 0.2) is 0 Å². The molecule has 1 heterocycles. The van der Waals surface area contributed by atoms with Crippen LogP contribution in [0.2, 0.25) is 0 Å². The number of imidazole rings is 1. The molecule has 0 amide bonds. The molecule has 0 N–H and O–H groups in total. The number of nitrogens with zero attached hydrogens (tertiary/aromatic N) is 2. The van der Waals surface area contributed by atoms with Crippen molar-refractivity contribution >= 4 is 0 Å². The van der Waals surface area contributed by atoms with Gasteiger partial charge >= 0.3 is 6.68 Å². The molecule has 0 aliphatic carbocycles. The zero-order valence-electron chi connectivity index (χ0n) is 7.25. The fraction of sp³-hybridized carbons (Fsp3) is 0.375. The Labute approximate surface area is 74.7 Å². The van der Waals surface area contributed by atoms with E-state index in [1.54, 1.807) is 6.20 Å². The predicted molar refractivity (Wildman–Crippen MR) is 44.2 cm³/mol. The molecule has 0 aliphatic heterocycles. The lowest BCUT2D eigenvalue weighted by molar-refractivity contribution is 0.00819. The van der Waals surface area contributed by atoms with Gasteiger partial charge in [-0.3, -0.25) is 0 Å². The van der Waals surface area contributed by atoms with Crippen molar-refractivity contribution in [1.82, 2.24) is 9.55 Å². The van der Waals surface area contributed by atoms with E-state index in [0.29, 0.717) is 0 Å². The largest absolute Gasteiger partial charge is 0.379 e. The van der Waals surface area contributed by atoms with Crippen molar-refractivity contribution < 1.29 is 13.2 Å². The molecule has 13 heavy (non-hydrogen) atoms. The summed E-state index contributed by atoms with van der Waals surface area (Å²) in [7, 11) is 1.98. The molecule has 0 fully saturated rings. The fourth-order valence-corrected chi connectivity index (χ4v) is 0.722. The van der Waals surface area contributed by atoms with E-state index in [4.69, 9.17) is 0 Å². The first-order valence-corrected chi connectivity index (χ1v) is 3.57. The number of hydrogen-bond acceptors (Lipinski definition) is 1. The molecule has 74 valence electrons. The highest BCUT2D eigenvalue weighted by Gasteiger charge is 1.92. The van der Waals surface area contributed by atoms with Gasteiger partial charge in [0.2, 0.25) is 0 Å². The van der Waals surface area contributed by atoms with Gasteiger partial charge < -0.3 is 4.57 Å². The first-order chi connectivity index (χ1) is 6.07. The van der Waals surface area contributed by atoms with Crippen LogP contribution in [-0.4, -0.2) is 16.2 Å². The minimum Gasteiger partial charge on any atom is -0.338 e. The average Bonchev–Trinajstić information content (AvgIpc) is 2.36. The number of halogens is 3. The summed E-state index contributed by atoms with van der Waals surface area (Å²) in [6, 6.07) is 0. The Morgan fingerprint density at radius 2 is 2.15 bits per heavy atom. The Hall–Kier alpha value is -1.26. The zero-order valence-corrected chi connectivity index (χ0v) is 7.25. The number of hydrogen-bond donors (Lipinski definition) is 0. The molecule has 0 radical (unpaired) electrons. The van der Waals surface area contributed by atoms with Crippen molar-refractivity contribution in [2.24, 2.45) is 7.05 Å². The van der Waals surface area contributed by atoms with E-state index in [-0.39, 0.29) is 0 Å². The van der Waals surface area contributed by atoms with Gasteiger partial charge in [-0.1, -0.05) is 6.08 Å². The van der Waals surface area contributed by atoms with Crippen molar-refractivity contribution in [2.75, 3.05) is 0 Å². The van der Waals surface area contributed by atoms with Crippen LogP contribution in [0.5, 0.6) is 0 Å². The van der Waals surface area contributed by atoms with Gasteiger partial charge in [0.25, 0.3) is 0 Å². The van der Waals surface area contributed by atoms with Gasteiger partial charge in [0, 0.05) is 25.9 Å². The molecule has 0 saturated carbocycles. The Balaban J connectivity index is 0.000000310. The van der Waals surface area contributed by atoms with Crippen LogP contribution < -0.4 is 0 Å². The van der Waals surface area contributed by atoms with Crippen LogP contribution in [0.3, 0.4) is 0 Å². The molecule has 0 unspecified atom stereocenters. The SMILES string of the molecule is C=CCc1nccn1C.FC(F)F. The van der Waals surface area contributed by atoms with Crippen LogP contribution >= 0.6 is 0 Å². The summed E-state index contributed by atoms with van der Waals surface area (Å²) >= 11 is 0. The minimum atomic E-state index is -3.67. The molecule has 5 heteroatoms. The van der Waals surface area contributed by atoms with Gasteiger partial charge in [-0.15, -0.1) is 6.58 Å². The van der Waals surface area contributed by atoms with E-state index < -0.39 is 6.68 Å². The predicted octanol–water partition coefficient (Wildman–Crippen LogP) is 2.33. The molecule has 0 bridgehead atoms. The molecule has 0 saturated heterocycles. The van der Waals surface area contributed by atoms with Gasteiger partial charge in [-0.2, -0.15) is 13.2 Å². The molecule has 1 aromatic rings. The summed E-state index contributed by atoms with van der Waals surface area (Å²) in [5, 5.41) is 0. The molecule has 1 rings (SSSR count). The van der Waals surface area contributed by atoms with Crippen molar-refractivity contribution in [3.8, 4) is 0 Å². The number of aromatic nitrogens is 2. The van der Waals surface area contributed by atoms with Crippen LogP contribution in [-0.2, 0) is 13.5 Å². The molecular weight excluding hydrogens is 181 g/mol. The maximum atomic E-state index is 9.67. The monoisotopic (exact) mass is 192 g/mol. The van der Waals surface area contributed by atoms with Gasteiger partial charge in [0.1, 0.15) is 5.82 Å². The van der Waals surface area contributed by atoms with Gasteiger partial charge in [-0.25, -0.2) is 4.98 Å². The Morgan fingerprint density at radius 3 is 2.46 bits per heavy atom. The highest BCUT2D eigenvalue weighted by molar-refractivity contribution is 4.95. The standard InChI is InChI=1S/C7H10N2.CHF3/c1-3-4-7-8-5-6-9(7)2;2-1(3)4/h3,5-6H,1,4H2,2H3;1H. The third-order valence-electron chi connectivity index (χ3n) is 1.25. The second-order valence-corrected chi connectivity index (χ2v) is 2.19. The van der Waals surface area contributed by atoms with E-state index >= 15 is 0 Å². The lowest BCUT2D eigenvalue weighted by Gasteiger charge is -1.93. The van der Waals surface area contributed by atoms with Gasteiger partial charge in [-0.05, 0) is 0 Å². The van der Waals surface area contributed by atoms with Crippen LogP contribution in [0.1, 0.15) is 5.82 Å². The van der Waals surface area contributed by atoms with Crippen LogP contribution in [0.4, 0.5) is 13.2 Å². The third-order valence-corrected chi connectivity index (χ3v) is 1.25.